The predicted molar refractivity (Wildman–Crippen MR) is 65.3 cm³/mol. The Hall–Kier alpha value is -0.810. The Balaban J connectivity index is 3.42. The minimum atomic E-state index is -0.439. The molecule has 96 valence electrons. The first-order chi connectivity index (χ1) is 7.35. The number of carbonyl (C=O) groups is 1. The van der Waals surface area contributed by atoms with Crippen LogP contribution in [0.15, 0.2) is 0 Å². The van der Waals surface area contributed by atoms with E-state index in [0.717, 1.165) is 13.1 Å². The molecule has 1 unspecified atom stereocenters. The van der Waals surface area contributed by atoms with Crippen LogP contribution in [-0.4, -0.2) is 37.9 Å². The van der Waals surface area contributed by atoms with E-state index in [1.165, 1.54) is 0 Å². The third kappa shape index (κ3) is 9.73. The van der Waals surface area contributed by atoms with Crippen LogP contribution in [0.4, 0.5) is 4.79 Å². The molecule has 0 aliphatic rings. The number of nitrogens with one attached hydrogen (secondary N) is 2. The lowest BCUT2D eigenvalue weighted by molar-refractivity contribution is 0.0528. The third-order valence-corrected chi connectivity index (χ3v) is 1.87. The second-order valence-corrected chi connectivity index (χ2v) is 4.97. The Morgan fingerprint density at radius 1 is 1.38 bits per heavy atom. The summed E-state index contributed by atoms with van der Waals surface area (Å²) < 4.78 is 5.09. The Kier molecular flexibility index (Phi) is 7.08. The molecule has 0 fully saturated rings. The van der Waals surface area contributed by atoms with Crippen molar-refractivity contribution in [2.24, 2.45) is 11.7 Å². The van der Waals surface area contributed by atoms with Gasteiger partial charge in [0.05, 0.1) is 0 Å². The van der Waals surface area contributed by atoms with Crippen LogP contribution in [0.3, 0.4) is 0 Å². The molecule has 0 rings (SSSR count). The summed E-state index contributed by atoms with van der Waals surface area (Å²) in [6, 6.07) is 0. The van der Waals surface area contributed by atoms with Crippen LogP contribution in [0.25, 0.3) is 0 Å². The third-order valence-electron chi connectivity index (χ3n) is 1.87. The fourth-order valence-corrected chi connectivity index (χ4v) is 0.999. The number of nitrogens with two attached hydrogens (primary N) is 1. The summed E-state index contributed by atoms with van der Waals surface area (Å²) in [7, 11) is 0. The molecule has 4 N–H and O–H groups in total. The summed E-state index contributed by atoms with van der Waals surface area (Å²) in [6.07, 6.45) is -0.374. The molecule has 0 aromatic heterocycles. The van der Waals surface area contributed by atoms with Crippen LogP contribution in [0, 0.1) is 5.92 Å². The topological polar surface area (TPSA) is 76.4 Å². The van der Waals surface area contributed by atoms with Crippen molar-refractivity contribution in [2.75, 3.05) is 26.2 Å². The second kappa shape index (κ2) is 7.46. The van der Waals surface area contributed by atoms with Crippen molar-refractivity contribution in [1.82, 2.24) is 10.6 Å². The minimum Gasteiger partial charge on any atom is -0.444 e. The van der Waals surface area contributed by atoms with Crippen LogP contribution < -0.4 is 16.4 Å². The first-order valence-corrected chi connectivity index (χ1v) is 5.73. The Bertz CT molecular complexity index is 202. The highest BCUT2D eigenvalue weighted by Gasteiger charge is 2.15. The molecule has 0 spiro atoms. The average molecular weight is 231 g/mol. The summed E-state index contributed by atoms with van der Waals surface area (Å²) >= 11 is 0. The molecule has 1 atom stereocenters. The van der Waals surface area contributed by atoms with Crippen LogP contribution in [-0.2, 0) is 4.74 Å². The maximum Gasteiger partial charge on any atom is 0.407 e. The van der Waals surface area contributed by atoms with Gasteiger partial charge in [0.15, 0.2) is 0 Å². The lowest BCUT2D eigenvalue weighted by atomic mass is 10.2. The van der Waals surface area contributed by atoms with E-state index in [1.807, 2.05) is 20.8 Å². The van der Waals surface area contributed by atoms with Gasteiger partial charge >= 0.3 is 6.09 Å². The molecular formula is C11H25N3O2. The first-order valence-electron chi connectivity index (χ1n) is 5.73. The van der Waals surface area contributed by atoms with Crippen LogP contribution in [0.5, 0.6) is 0 Å². The monoisotopic (exact) mass is 231 g/mol. The highest BCUT2D eigenvalue weighted by atomic mass is 16.6. The van der Waals surface area contributed by atoms with Gasteiger partial charge in [-0.1, -0.05) is 6.92 Å². The fourth-order valence-electron chi connectivity index (χ4n) is 0.999. The van der Waals surface area contributed by atoms with Crippen molar-refractivity contribution < 1.29 is 9.53 Å². The van der Waals surface area contributed by atoms with Crippen molar-refractivity contribution in [3.05, 3.63) is 0 Å². The van der Waals surface area contributed by atoms with Crippen molar-refractivity contribution in [3.63, 3.8) is 0 Å². The van der Waals surface area contributed by atoms with E-state index in [-0.39, 0.29) is 6.09 Å². The zero-order valence-electron chi connectivity index (χ0n) is 10.8. The molecule has 5 nitrogen and oxygen atoms in total. The van der Waals surface area contributed by atoms with Gasteiger partial charge in [-0.05, 0) is 39.8 Å². The van der Waals surface area contributed by atoms with E-state index in [4.69, 9.17) is 10.5 Å². The number of alkyl carbamates (subject to hydrolysis) is 1. The molecule has 5 heteroatoms. The lowest BCUT2D eigenvalue weighted by Gasteiger charge is -2.19. The fraction of sp³-hybridized carbons (Fsp3) is 0.909. The Morgan fingerprint density at radius 2 is 2.00 bits per heavy atom. The van der Waals surface area contributed by atoms with Crippen molar-refractivity contribution in [3.8, 4) is 0 Å². The normalized spacial score (nSPS) is 13.3. The number of carbonyl (C=O) groups excluding carboxylic acids is 1. The van der Waals surface area contributed by atoms with Crippen LogP contribution >= 0.6 is 0 Å². The summed E-state index contributed by atoms with van der Waals surface area (Å²) in [4.78, 5) is 11.2. The van der Waals surface area contributed by atoms with Gasteiger partial charge in [-0.25, -0.2) is 4.79 Å². The van der Waals surface area contributed by atoms with Gasteiger partial charge in [-0.2, -0.15) is 0 Å². The molecule has 1 amide bonds. The van der Waals surface area contributed by atoms with Crippen molar-refractivity contribution in [1.29, 1.82) is 0 Å². The SMILES string of the molecule is CC(CN)CNCCNC(=O)OC(C)(C)C. The largest absolute Gasteiger partial charge is 0.444 e. The number of hydrogen-bond acceptors (Lipinski definition) is 4. The minimum absolute atomic E-state index is 0.374. The van der Waals surface area contributed by atoms with E-state index < -0.39 is 5.60 Å². The van der Waals surface area contributed by atoms with Crippen LogP contribution in [0.2, 0.25) is 0 Å². The van der Waals surface area contributed by atoms with Gasteiger partial charge in [0.25, 0.3) is 0 Å². The second-order valence-electron chi connectivity index (χ2n) is 4.97. The molecule has 16 heavy (non-hydrogen) atoms. The maximum atomic E-state index is 11.2. The zero-order chi connectivity index (χ0) is 12.6. The van der Waals surface area contributed by atoms with Gasteiger partial charge in [0.1, 0.15) is 5.60 Å². The number of amides is 1. The van der Waals surface area contributed by atoms with Crippen molar-refractivity contribution in [2.45, 2.75) is 33.3 Å². The zero-order valence-corrected chi connectivity index (χ0v) is 10.8. The predicted octanol–water partition coefficient (Wildman–Crippen LogP) is 0.696. The molecule has 0 saturated carbocycles. The average Bonchev–Trinajstić information content (AvgIpc) is 2.14. The van der Waals surface area contributed by atoms with Crippen LogP contribution in [0.1, 0.15) is 27.7 Å². The van der Waals surface area contributed by atoms with Gasteiger partial charge in [-0.15, -0.1) is 0 Å². The lowest BCUT2D eigenvalue weighted by Crippen LogP contribution is -2.37. The van der Waals surface area contributed by atoms with E-state index in [1.54, 1.807) is 0 Å². The number of ether oxygens (including phenoxy) is 1. The summed E-state index contributed by atoms with van der Waals surface area (Å²) in [6.45, 7) is 10.4. The quantitative estimate of drug-likeness (QED) is 0.588. The number of hydrogen-bond donors (Lipinski definition) is 3. The van der Waals surface area contributed by atoms with Gasteiger partial charge in [0.2, 0.25) is 0 Å². The van der Waals surface area contributed by atoms with E-state index in [2.05, 4.69) is 17.6 Å². The first kappa shape index (κ1) is 15.2. The summed E-state index contributed by atoms with van der Waals surface area (Å²) in [5.41, 5.74) is 5.04. The Labute approximate surface area is 98.1 Å². The van der Waals surface area contributed by atoms with Gasteiger partial charge in [-0.3, -0.25) is 0 Å². The smallest absolute Gasteiger partial charge is 0.407 e. The number of rotatable bonds is 6. The molecule has 0 bridgehead atoms. The maximum absolute atomic E-state index is 11.2. The van der Waals surface area contributed by atoms with Crippen molar-refractivity contribution >= 4 is 6.09 Å². The van der Waals surface area contributed by atoms with E-state index in [0.29, 0.717) is 19.0 Å². The molecular weight excluding hydrogens is 206 g/mol. The molecule has 0 radical (unpaired) electrons. The highest BCUT2D eigenvalue weighted by Crippen LogP contribution is 2.05. The summed E-state index contributed by atoms with van der Waals surface area (Å²) in [5.74, 6) is 0.460. The standard InChI is InChI=1S/C11H25N3O2/c1-9(7-12)8-13-5-6-14-10(15)16-11(2,3)4/h9,13H,5-8,12H2,1-4H3,(H,14,15). The Morgan fingerprint density at radius 3 is 2.50 bits per heavy atom. The highest BCUT2D eigenvalue weighted by molar-refractivity contribution is 5.67. The van der Waals surface area contributed by atoms with E-state index in [9.17, 15) is 4.79 Å². The molecule has 0 aromatic carbocycles. The van der Waals surface area contributed by atoms with E-state index >= 15 is 0 Å². The summed E-state index contributed by atoms with van der Waals surface area (Å²) in [5, 5.41) is 5.88. The van der Waals surface area contributed by atoms with Gasteiger partial charge in [0, 0.05) is 13.1 Å². The molecule has 0 aliphatic carbocycles. The molecule has 0 aliphatic heterocycles. The molecule has 0 saturated heterocycles. The molecule has 0 heterocycles. The molecule has 0 aromatic rings. The van der Waals surface area contributed by atoms with Gasteiger partial charge < -0.3 is 21.1 Å².